The van der Waals surface area contributed by atoms with Gasteiger partial charge in [0.25, 0.3) is 5.22 Å². The molecular formula is C16H14N2O3S2. The van der Waals surface area contributed by atoms with Crippen LogP contribution in [0.25, 0.3) is 11.5 Å². The summed E-state index contributed by atoms with van der Waals surface area (Å²) in [5, 5.41) is 8.82. The highest BCUT2D eigenvalue weighted by Gasteiger charge is 2.10. The standard InChI is InChI=1S/C16H14N2OS.O2S/c1-12-7-5-6-10-14(12)15-17-18-16(19-15)20-11-13-8-3-2-4-9-13;1-3-2/h2-10H,11H2,1H3;. The quantitative estimate of drug-likeness (QED) is 0.671. The first-order chi connectivity index (χ1) is 11.2. The maximum atomic E-state index is 8.29. The van der Waals surface area contributed by atoms with E-state index in [4.69, 9.17) is 12.8 Å². The molecule has 5 nitrogen and oxygen atoms in total. The van der Waals surface area contributed by atoms with Crippen LogP contribution in [-0.4, -0.2) is 18.6 Å². The lowest BCUT2D eigenvalue weighted by atomic mass is 10.1. The fourth-order valence-electron chi connectivity index (χ4n) is 1.91. The van der Waals surface area contributed by atoms with Gasteiger partial charge in [0.1, 0.15) is 0 Å². The molecule has 1 heterocycles. The van der Waals surface area contributed by atoms with Crippen molar-refractivity contribution >= 4 is 23.3 Å². The number of benzene rings is 2. The molecule has 0 N–H and O–H groups in total. The van der Waals surface area contributed by atoms with Crippen LogP contribution in [0.4, 0.5) is 0 Å². The molecule has 0 radical (unpaired) electrons. The Bertz CT molecular complexity index is 785. The van der Waals surface area contributed by atoms with Gasteiger partial charge in [-0.25, -0.2) is 0 Å². The average molecular weight is 346 g/mol. The fourth-order valence-corrected chi connectivity index (χ4v) is 2.63. The van der Waals surface area contributed by atoms with Crippen molar-refractivity contribution < 1.29 is 12.8 Å². The number of nitrogens with zero attached hydrogens (tertiary/aromatic N) is 2. The number of thioether (sulfide) groups is 1. The van der Waals surface area contributed by atoms with E-state index < -0.39 is 11.6 Å². The molecule has 0 fully saturated rings. The molecule has 0 saturated heterocycles. The molecule has 0 aliphatic carbocycles. The lowest BCUT2D eigenvalue weighted by Gasteiger charge is -1.99. The van der Waals surface area contributed by atoms with Crippen molar-refractivity contribution in [1.29, 1.82) is 0 Å². The molecule has 1 aromatic heterocycles. The lowest BCUT2D eigenvalue weighted by molar-refractivity contribution is 0.465. The van der Waals surface area contributed by atoms with E-state index in [1.807, 2.05) is 49.4 Å². The molecule has 0 bridgehead atoms. The van der Waals surface area contributed by atoms with Crippen molar-refractivity contribution in [3.63, 3.8) is 0 Å². The third-order valence-corrected chi connectivity index (χ3v) is 3.88. The largest absolute Gasteiger partial charge is 0.411 e. The maximum absolute atomic E-state index is 8.29. The summed E-state index contributed by atoms with van der Waals surface area (Å²) in [7, 11) is 0. The van der Waals surface area contributed by atoms with Gasteiger partial charge in [0.05, 0.1) is 0 Å². The van der Waals surface area contributed by atoms with E-state index in [1.165, 1.54) is 5.56 Å². The van der Waals surface area contributed by atoms with Gasteiger partial charge >= 0.3 is 11.6 Å². The first kappa shape index (κ1) is 17.1. The van der Waals surface area contributed by atoms with E-state index in [1.54, 1.807) is 11.8 Å². The number of hydrogen-bond acceptors (Lipinski definition) is 6. The molecule has 0 aliphatic rings. The van der Waals surface area contributed by atoms with Crippen LogP contribution in [0.15, 0.2) is 64.2 Å². The molecule has 7 heteroatoms. The van der Waals surface area contributed by atoms with Crippen LogP contribution in [0.2, 0.25) is 0 Å². The minimum atomic E-state index is -0.750. The molecule has 0 unspecified atom stereocenters. The third kappa shape index (κ3) is 5.15. The maximum Gasteiger partial charge on any atom is 0.335 e. The van der Waals surface area contributed by atoms with Crippen LogP contribution in [0, 0.1) is 6.92 Å². The Morgan fingerprint density at radius 1 is 0.957 bits per heavy atom. The van der Waals surface area contributed by atoms with E-state index in [0.717, 1.165) is 16.9 Å². The summed E-state index contributed by atoms with van der Waals surface area (Å²) in [4.78, 5) is 0. The predicted octanol–water partition coefficient (Wildman–Crippen LogP) is 3.67. The van der Waals surface area contributed by atoms with Crippen LogP contribution >= 0.6 is 11.8 Å². The molecule has 0 atom stereocenters. The molecule has 2 aromatic carbocycles. The zero-order valence-corrected chi connectivity index (χ0v) is 14.0. The summed E-state index contributed by atoms with van der Waals surface area (Å²) in [6.07, 6.45) is 0. The van der Waals surface area contributed by atoms with E-state index in [2.05, 4.69) is 22.3 Å². The number of aryl methyl sites for hydroxylation is 1. The van der Waals surface area contributed by atoms with Crippen LogP contribution < -0.4 is 0 Å². The Morgan fingerprint density at radius 2 is 1.61 bits per heavy atom. The first-order valence-electron chi connectivity index (χ1n) is 6.72. The highest BCUT2D eigenvalue weighted by Crippen LogP contribution is 2.27. The normalized spacial score (nSPS) is 9.78. The minimum absolute atomic E-state index is 0.582. The lowest BCUT2D eigenvalue weighted by Crippen LogP contribution is -1.81. The van der Waals surface area contributed by atoms with Crippen molar-refractivity contribution in [2.75, 3.05) is 0 Å². The second-order valence-electron chi connectivity index (χ2n) is 4.53. The van der Waals surface area contributed by atoms with Crippen LogP contribution in [0.1, 0.15) is 11.1 Å². The Hall–Kier alpha value is -2.25. The zero-order valence-electron chi connectivity index (χ0n) is 12.3. The summed E-state index contributed by atoms with van der Waals surface area (Å²) in [6.45, 7) is 2.04. The van der Waals surface area contributed by atoms with E-state index >= 15 is 0 Å². The van der Waals surface area contributed by atoms with Crippen LogP contribution in [-0.2, 0) is 17.3 Å². The Balaban J connectivity index is 0.000000595. The molecule has 3 aromatic rings. The van der Waals surface area contributed by atoms with Crippen molar-refractivity contribution in [3.8, 4) is 11.5 Å². The summed E-state index contributed by atoms with van der Waals surface area (Å²) < 4.78 is 22.3. The van der Waals surface area contributed by atoms with Crippen LogP contribution in [0.5, 0.6) is 0 Å². The van der Waals surface area contributed by atoms with Gasteiger partial charge < -0.3 is 4.42 Å². The minimum Gasteiger partial charge on any atom is -0.411 e. The highest BCUT2D eigenvalue weighted by atomic mass is 32.2. The van der Waals surface area contributed by atoms with Crippen molar-refractivity contribution in [2.24, 2.45) is 0 Å². The smallest absolute Gasteiger partial charge is 0.335 e. The van der Waals surface area contributed by atoms with Gasteiger partial charge in [-0.05, 0) is 24.1 Å². The molecule has 0 saturated carbocycles. The molecule has 0 amide bonds. The fraction of sp³-hybridized carbons (Fsp3) is 0.125. The Kier molecular flexibility index (Phi) is 6.71. The molecule has 0 spiro atoms. The van der Waals surface area contributed by atoms with E-state index in [0.29, 0.717) is 11.1 Å². The monoisotopic (exact) mass is 346 g/mol. The second kappa shape index (κ2) is 9.02. The van der Waals surface area contributed by atoms with E-state index in [-0.39, 0.29) is 0 Å². The molecular weight excluding hydrogens is 332 g/mol. The van der Waals surface area contributed by atoms with Gasteiger partial charge in [-0.3, -0.25) is 0 Å². The first-order valence-corrected chi connectivity index (χ1v) is 8.38. The molecule has 0 aliphatic heterocycles. The van der Waals surface area contributed by atoms with Gasteiger partial charge in [0, 0.05) is 11.3 Å². The molecule has 23 heavy (non-hydrogen) atoms. The second-order valence-corrected chi connectivity index (χ2v) is 5.59. The summed E-state index contributed by atoms with van der Waals surface area (Å²) in [5.74, 6) is 1.41. The number of rotatable bonds is 4. The highest BCUT2D eigenvalue weighted by molar-refractivity contribution is 7.98. The SMILES string of the molecule is Cc1ccccc1-c1nnc(SCc2ccccc2)o1.O=S=O. The van der Waals surface area contributed by atoms with Crippen molar-refractivity contribution in [3.05, 3.63) is 65.7 Å². The topological polar surface area (TPSA) is 73.1 Å². The van der Waals surface area contributed by atoms with Gasteiger partial charge in [0.2, 0.25) is 5.89 Å². The Morgan fingerprint density at radius 3 is 2.30 bits per heavy atom. The number of aromatic nitrogens is 2. The van der Waals surface area contributed by atoms with Gasteiger partial charge in [-0.2, -0.15) is 8.42 Å². The molecule has 118 valence electrons. The summed E-state index contributed by atoms with van der Waals surface area (Å²) in [6, 6.07) is 18.3. The van der Waals surface area contributed by atoms with Crippen LogP contribution in [0.3, 0.4) is 0 Å². The van der Waals surface area contributed by atoms with Crippen molar-refractivity contribution in [1.82, 2.24) is 10.2 Å². The summed E-state index contributed by atoms with van der Waals surface area (Å²) in [5.41, 5.74) is 3.37. The number of hydrogen-bond donors (Lipinski definition) is 0. The zero-order chi connectivity index (χ0) is 16.5. The predicted molar refractivity (Wildman–Crippen MR) is 89.4 cm³/mol. The third-order valence-electron chi connectivity index (χ3n) is 2.99. The van der Waals surface area contributed by atoms with Gasteiger partial charge in [-0.1, -0.05) is 60.3 Å². The van der Waals surface area contributed by atoms with Crippen molar-refractivity contribution in [2.45, 2.75) is 17.9 Å². The van der Waals surface area contributed by atoms with Gasteiger partial charge in [-0.15, -0.1) is 10.2 Å². The van der Waals surface area contributed by atoms with Gasteiger partial charge in [0.15, 0.2) is 0 Å². The Labute approximate surface area is 141 Å². The van der Waals surface area contributed by atoms with E-state index in [9.17, 15) is 0 Å². The molecule has 3 rings (SSSR count). The average Bonchev–Trinajstić information content (AvgIpc) is 3.04. The summed E-state index contributed by atoms with van der Waals surface area (Å²) >= 11 is 0.805.